The van der Waals surface area contributed by atoms with Crippen LogP contribution in [0.25, 0.3) is 10.4 Å². The number of carbonyl (C=O) groups is 1. The summed E-state index contributed by atoms with van der Waals surface area (Å²) in [6, 6.07) is 0. The van der Waals surface area contributed by atoms with Crippen molar-refractivity contribution in [3.8, 4) is 0 Å². The molecule has 0 unspecified atom stereocenters. The van der Waals surface area contributed by atoms with Crippen LogP contribution in [0.3, 0.4) is 0 Å². The highest BCUT2D eigenvalue weighted by Gasteiger charge is 1.96. The van der Waals surface area contributed by atoms with Gasteiger partial charge in [0.1, 0.15) is 0 Å². The summed E-state index contributed by atoms with van der Waals surface area (Å²) in [4.78, 5) is 13.3. The molecule has 0 atom stereocenters. The zero-order valence-electron chi connectivity index (χ0n) is 7.69. The van der Waals surface area contributed by atoms with Crippen LogP contribution in [0, 0.1) is 0 Å². The summed E-state index contributed by atoms with van der Waals surface area (Å²) in [5.41, 5.74) is 7.95. The topological polar surface area (TPSA) is 87.1 Å². The van der Waals surface area contributed by atoms with Gasteiger partial charge in [-0.2, -0.15) is 0 Å². The molecule has 0 bridgehead atoms. The largest absolute Gasteiger partial charge is 0.450 e. The molecule has 1 N–H and O–H groups in total. The molecule has 0 aromatic rings. The highest BCUT2D eigenvalue weighted by molar-refractivity contribution is 5.66. The van der Waals surface area contributed by atoms with Crippen molar-refractivity contribution in [3.63, 3.8) is 0 Å². The Hall–Kier alpha value is -1.42. The Balaban J connectivity index is 3.15. The molecule has 0 fully saturated rings. The van der Waals surface area contributed by atoms with E-state index in [4.69, 9.17) is 5.53 Å². The molecule has 0 aromatic carbocycles. The number of alkyl carbamates (subject to hydrolysis) is 1. The average molecular weight is 186 g/mol. The van der Waals surface area contributed by atoms with Gasteiger partial charge in [-0.25, -0.2) is 4.79 Å². The summed E-state index contributed by atoms with van der Waals surface area (Å²) >= 11 is 0. The number of nitrogens with one attached hydrogen (secondary N) is 1. The summed E-state index contributed by atoms with van der Waals surface area (Å²) in [5, 5.41) is 5.93. The molecule has 0 rings (SSSR count). The van der Waals surface area contributed by atoms with Crippen LogP contribution in [0.15, 0.2) is 5.11 Å². The van der Waals surface area contributed by atoms with Crippen molar-refractivity contribution < 1.29 is 9.53 Å². The van der Waals surface area contributed by atoms with Crippen LogP contribution in [0.5, 0.6) is 0 Å². The van der Waals surface area contributed by atoms with E-state index in [2.05, 4.69) is 20.1 Å². The number of nitrogens with zero attached hydrogens (tertiary/aromatic N) is 3. The van der Waals surface area contributed by atoms with Crippen LogP contribution < -0.4 is 5.32 Å². The normalized spacial score (nSPS) is 8.69. The van der Waals surface area contributed by atoms with E-state index >= 15 is 0 Å². The molecule has 0 radical (unpaired) electrons. The number of azide groups is 1. The van der Waals surface area contributed by atoms with Crippen molar-refractivity contribution in [2.24, 2.45) is 5.11 Å². The summed E-state index contributed by atoms with van der Waals surface area (Å²) in [7, 11) is 0. The zero-order chi connectivity index (χ0) is 9.94. The van der Waals surface area contributed by atoms with Crippen molar-refractivity contribution >= 4 is 6.09 Å². The molecule has 13 heavy (non-hydrogen) atoms. The summed E-state index contributed by atoms with van der Waals surface area (Å²) in [6.45, 7) is 3.16. The minimum absolute atomic E-state index is 0.380. The fraction of sp³-hybridized carbons (Fsp3) is 0.857. The average Bonchev–Trinajstić information content (AvgIpc) is 2.11. The van der Waals surface area contributed by atoms with E-state index < -0.39 is 6.09 Å². The third-order valence-electron chi connectivity index (χ3n) is 1.29. The maximum atomic E-state index is 10.7. The Morgan fingerprint density at radius 1 is 1.62 bits per heavy atom. The van der Waals surface area contributed by atoms with Gasteiger partial charge in [0.2, 0.25) is 0 Å². The zero-order valence-corrected chi connectivity index (χ0v) is 7.69. The van der Waals surface area contributed by atoms with Crippen LogP contribution in [-0.4, -0.2) is 25.8 Å². The maximum Gasteiger partial charge on any atom is 0.407 e. The van der Waals surface area contributed by atoms with Crippen molar-refractivity contribution in [1.82, 2.24) is 5.32 Å². The van der Waals surface area contributed by atoms with E-state index in [9.17, 15) is 4.79 Å². The van der Waals surface area contributed by atoms with Gasteiger partial charge in [0, 0.05) is 18.0 Å². The fourth-order valence-corrected chi connectivity index (χ4v) is 0.725. The minimum atomic E-state index is -0.397. The fourth-order valence-electron chi connectivity index (χ4n) is 0.725. The van der Waals surface area contributed by atoms with E-state index in [0.29, 0.717) is 19.7 Å². The molecule has 0 aliphatic rings. The number of rotatable bonds is 6. The SMILES string of the molecule is CCOC(=O)NCCCCN=[N+]=[N-]. The van der Waals surface area contributed by atoms with E-state index in [0.717, 1.165) is 12.8 Å². The van der Waals surface area contributed by atoms with Gasteiger partial charge in [-0.3, -0.25) is 0 Å². The van der Waals surface area contributed by atoms with Gasteiger partial charge in [0.25, 0.3) is 0 Å². The number of hydrogen-bond acceptors (Lipinski definition) is 3. The molecular weight excluding hydrogens is 172 g/mol. The molecule has 6 heteroatoms. The molecule has 0 aliphatic heterocycles. The first-order chi connectivity index (χ1) is 6.31. The molecule has 0 heterocycles. The molecule has 0 aliphatic carbocycles. The first-order valence-electron chi connectivity index (χ1n) is 4.22. The molecule has 74 valence electrons. The smallest absolute Gasteiger partial charge is 0.407 e. The number of carbonyl (C=O) groups excluding carboxylic acids is 1. The van der Waals surface area contributed by atoms with E-state index in [1.165, 1.54) is 0 Å². The molecule has 0 aromatic heterocycles. The Morgan fingerprint density at radius 2 is 2.38 bits per heavy atom. The predicted octanol–water partition coefficient (Wildman–Crippen LogP) is 1.82. The summed E-state index contributed by atoms with van der Waals surface area (Å²) in [5.74, 6) is 0. The van der Waals surface area contributed by atoms with Crippen LogP contribution in [-0.2, 0) is 4.74 Å². The molecule has 1 amide bonds. The van der Waals surface area contributed by atoms with Crippen molar-refractivity contribution in [2.75, 3.05) is 19.7 Å². The van der Waals surface area contributed by atoms with E-state index in [-0.39, 0.29) is 0 Å². The number of unbranched alkanes of at least 4 members (excludes halogenated alkanes) is 1. The van der Waals surface area contributed by atoms with E-state index in [1.807, 2.05) is 0 Å². The van der Waals surface area contributed by atoms with Crippen LogP contribution in [0.2, 0.25) is 0 Å². The van der Waals surface area contributed by atoms with Crippen molar-refractivity contribution in [3.05, 3.63) is 10.4 Å². The van der Waals surface area contributed by atoms with Gasteiger partial charge in [-0.05, 0) is 25.3 Å². The second-order valence-electron chi connectivity index (χ2n) is 2.31. The summed E-state index contributed by atoms with van der Waals surface area (Å²) in [6.07, 6.45) is 1.17. The van der Waals surface area contributed by atoms with Crippen LogP contribution >= 0.6 is 0 Å². The lowest BCUT2D eigenvalue weighted by Crippen LogP contribution is -2.25. The Bertz CT molecular complexity index is 189. The van der Waals surface area contributed by atoms with Gasteiger partial charge < -0.3 is 10.1 Å². The van der Waals surface area contributed by atoms with Gasteiger partial charge in [0.05, 0.1) is 6.61 Å². The van der Waals surface area contributed by atoms with E-state index in [1.54, 1.807) is 6.92 Å². The molecule has 0 saturated carbocycles. The van der Waals surface area contributed by atoms with Crippen molar-refractivity contribution in [2.45, 2.75) is 19.8 Å². The first kappa shape index (κ1) is 11.6. The van der Waals surface area contributed by atoms with Crippen LogP contribution in [0.1, 0.15) is 19.8 Å². The lowest BCUT2D eigenvalue weighted by atomic mass is 10.3. The second kappa shape index (κ2) is 8.67. The quantitative estimate of drug-likeness (QED) is 0.297. The first-order valence-corrected chi connectivity index (χ1v) is 4.22. The highest BCUT2D eigenvalue weighted by atomic mass is 16.5. The highest BCUT2D eigenvalue weighted by Crippen LogP contribution is 1.88. The Kier molecular flexibility index (Phi) is 7.73. The molecular formula is C7H14N4O2. The predicted molar refractivity (Wildman–Crippen MR) is 48.3 cm³/mol. The lowest BCUT2D eigenvalue weighted by Gasteiger charge is -2.03. The number of ether oxygens (including phenoxy) is 1. The van der Waals surface area contributed by atoms with Gasteiger partial charge in [0.15, 0.2) is 0 Å². The third kappa shape index (κ3) is 8.49. The monoisotopic (exact) mass is 186 g/mol. The minimum Gasteiger partial charge on any atom is -0.450 e. The molecule has 6 nitrogen and oxygen atoms in total. The van der Waals surface area contributed by atoms with Crippen molar-refractivity contribution in [1.29, 1.82) is 0 Å². The molecule has 0 saturated heterocycles. The standard InChI is InChI=1S/C7H14N4O2/c1-2-13-7(12)9-5-3-4-6-10-11-8/h2-6H2,1H3,(H,9,12). The van der Waals surface area contributed by atoms with Gasteiger partial charge in [-0.1, -0.05) is 5.11 Å². The third-order valence-corrected chi connectivity index (χ3v) is 1.29. The maximum absolute atomic E-state index is 10.7. The Morgan fingerprint density at radius 3 is 3.00 bits per heavy atom. The van der Waals surface area contributed by atoms with Crippen LogP contribution in [0.4, 0.5) is 4.79 Å². The Labute approximate surface area is 76.9 Å². The molecule has 0 spiro atoms. The summed E-state index contributed by atoms with van der Waals surface area (Å²) < 4.78 is 4.64. The second-order valence-corrected chi connectivity index (χ2v) is 2.31. The van der Waals surface area contributed by atoms with Gasteiger partial charge in [-0.15, -0.1) is 0 Å². The lowest BCUT2D eigenvalue weighted by molar-refractivity contribution is 0.152. The van der Waals surface area contributed by atoms with Gasteiger partial charge >= 0.3 is 6.09 Å². The number of amides is 1. The number of hydrogen-bond donors (Lipinski definition) is 1.